The summed E-state index contributed by atoms with van der Waals surface area (Å²) in [5.74, 6) is 0. The monoisotopic (exact) mass is 612 g/mol. The molecule has 0 amide bonds. The molecule has 0 spiro atoms. The zero-order chi connectivity index (χ0) is 32.0. The standard InChI is InChI=1S/C46H32N2/c1-46(2)38-21-11-8-19-35(38)42-33-17-6-7-18-34(33)43-36-20-10-13-23-41(36)48(45(43)44(42)46)31-26-24-30(25-27-31)40-28-37(29-14-4-3-5-15-29)32-16-9-12-22-39(32)47-40/h3-28H,1-2H3. The summed E-state index contributed by atoms with van der Waals surface area (Å²) in [5, 5.41) is 6.41. The Balaban J connectivity index is 1.24. The maximum absolute atomic E-state index is 5.14. The van der Waals surface area contributed by atoms with Gasteiger partial charge in [0, 0.05) is 32.8 Å². The Labute approximate surface area is 279 Å². The summed E-state index contributed by atoms with van der Waals surface area (Å²) < 4.78 is 2.51. The van der Waals surface area contributed by atoms with Crippen molar-refractivity contribution in [2.45, 2.75) is 19.3 Å². The van der Waals surface area contributed by atoms with Gasteiger partial charge in [0.25, 0.3) is 0 Å². The lowest BCUT2D eigenvalue weighted by atomic mass is 9.80. The van der Waals surface area contributed by atoms with E-state index in [-0.39, 0.29) is 5.41 Å². The highest BCUT2D eigenvalue weighted by molar-refractivity contribution is 6.27. The van der Waals surface area contributed by atoms with Gasteiger partial charge >= 0.3 is 0 Å². The molecule has 48 heavy (non-hydrogen) atoms. The molecule has 0 saturated heterocycles. The van der Waals surface area contributed by atoms with Crippen molar-refractivity contribution in [2.24, 2.45) is 0 Å². The smallest absolute Gasteiger partial charge is 0.0715 e. The van der Waals surface area contributed by atoms with Gasteiger partial charge in [0.15, 0.2) is 0 Å². The molecule has 226 valence electrons. The van der Waals surface area contributed by atoms with E-state index in [4.69, 9.17) is 4.98 Å². The van der Waals surface area contributed by atoms with Crippen molar-refractivity contribution in [3.63, 3.8) is 0 Å². The fourth-order valence-electron chi connectivity index (χ4n) is 8.42. The molecule has 0 aliphatic heterocycles. The van der Waals surface area contributed by atoms with Crippen molar-refractivity contribution in [2.75, 3.05) is 0 Å². The van der Waals surface area contributed by atoms with Crippen molar-refractivity contribution >= 4 is 43.5 Å². The number of aromatic nitrogens is 2. The molecular weight excluding hydrogens is 581 g/mol. The van der Waals surface area contributed by atoms with Gasteiger partial charge in [0.1, 0.15) is 0 Å². The number of hydrogen-bond donors (Lipinski definition) is 0. The Morgan fingerprint density at radius 1 is 0.521 bits per heavy atom. The zero-order valence-electron chi connectivity index (χ0n) is 26.9. The lowest BCUT2D eigenvalue weighted by molar-refractivity contribution is 0.664. The number of rotatable bonds is 3. The van der Waals surface area contributed by atoms with Crippen LogP contribution in [0.5, 0.6) is 0 Å². The molecule has 10 rings (SSSR count). The second-order valence-electron chi connectivity index (χ2n) is 13.5. The minimum absolute atomic E-state index is 0.164. The van der Waals surface area contributed by atoms with Crippen LogP contribution in [-0.4, -0.2) is 9.55 Å². The first-order valence-electron chi connectivity index (χ1n) is 16.7. The van der Waals surface area contributed by atoms with Crippen molar-refractivity contribution in [3.8, 4) is 39.2 Å². The van der Waals surface area contributed by atoms with E-state index >= 15 is 0 Å². The van der Waals surface area contributed by atoms with Gasteiger partial charge in [-0.15, -0.1) is 0 Å². The molecule has 0 N–H and O–H groups in total. The number of fused-ring (bicyclic) bond motifs is 11. The van der Waals surface area contributed by atoms with Crippen LogP contribution in [0.1, 0.15) is 25.0 Å². The highest BCUT2D eigenvalue weighted by atomic mass is 15.0. The molecule has 0 saturated carbocycles. The van der Waals surface area contributed by atoms with E-state index in [0.717, 1.165) is 22.5 Å². The summed E-state index contributed by atoms with van der Waals surface area (Å²) >= 11 is 0. The van der Waals surface area contributed by atoms with Crippen LogP contribution in [-0.2, 0) is 5.41 Å². The minimum atomic E-state index is -0.164. The van der Waals surface area contributed by atoms with Gasteiger partial charge in [0.2, 0.25) is 0 Å². The number of para-hydroxylation sites is 2. The van der Waals surface area contributed by atoms with Gasteiger partial charge in [-0.2, -0.15) is 0 Å². The molecule has 2 heteroatoms. The lowest BCUT2D eigenvalue weighted by Crippen LogP contribution is -2.16. The van der Waals surface area contributed by atoms with Gasteiger partial charge in [0.05, 0.1) is 22.2 Å². The molecule has 0 fully saturated rings. The van der Waals surface area contributed by atoms with E-state index in [1.165, 1.54) is 71.3 Å². The molecule has 1 aliphatic carbocycles. The molecule has 2 heterocycles. The highest BCUT2D eigenvalue weighted by Gasteiger charge is 2.40. The fourth-order valence-corrected chi connectivity index (χ4v) is 8.42. The molecule has 0 radical (unpaired) electrons. The maximum Gasteiger partial charge on any atom is 0.0715 e. The normalized spacial score (nSPS) is 13.4. The van der Waals surface area contributed by atoms with E-state index < -0.39 is 0 Å². The summed E-state index contributed by atoms with van der Waals surface area (Å²) in [6, 6.07) is 57.2. The topological polar surface area (TPSA) is 17.8 Å². The Morgan fingerprint density at radius 2 is 1.17 bits per heavy atom. The molecule has 9 aromatic rings. The molecule has 2 aromatic heterocycles. The van der Waals surface area contributed by atoms with E-state index in [1.807, 2.05) is 0 Å². The summed E-state index contributed by atoms with van der Waals surface area (Å²) in [5.41, 5.74) is 14.5. The van der Waals surface area contributed by atoms with Gasteiger partial charge in [-0.3, -0.25) is 0 Å². The average molecular weight is 613 g/mol. The third-order valence-corrected chi connectivity index (χ3v) is 10.5. The Hall–Kier alpha value is -5.99. The van der Waals surface area contributed by atoms with Crippen LogP contribution in [0.2, 0.25) is 0 Å². The Morgan fingerprint density at radius 3 is 1.98 bits per heavy atom. The quantitative estimate of drug-likeness (QED) is 0.194. The van der Waals surface area contributed by atoms with Crippen molar-refractivity contribution in [1.29, 1.82) is 0 Å². The number of hydrogen-bond acceptors (Lipinski definition) is 1. The van der Waals surface area contributed by atoms with E-state index in [1.54, 1.807) is 0 Å². The summed E-state index contributed by atoms with van der Waals surface area (Å²) in [6.45, 7) is 4.79. The first-order chi connectivity index (χ1) is 23.6. The van der Waals surface area contributed by atoms with Crippen LogP contribution in [0.3, 0.4) is 0 Å². The first kappa shape index (κ1) is 27.2. The number of nitrogens with zero attached hydrogens (tertiary/aromatic N) is 2. The molecule has 0 atom stereocenters. The van der Waals surface area contributed by atoms with Gasteiger partial charge in [-0.1, -0.05) is 141 Å². The second-order valence-corrected chi connectivity index (χ2v) is 13.5. The summed E-state index contributed by atoms with van der Waals surface area (Å²) in [7, 11) is 0. The first-order valence-corrected chi connectivity index (χ1v) is 16.7. The molecular formula is C46H32N2. The fraction of sp³-hybridized carbons (Fsp3) is 0.0652. The van der Waals surface area contributed by atoms with Crippen molar-refractivity contribution in [3.05, 3.63) is 169 Å². The van der Waals surface area contributed by atoms with Crippen LogP contribution in [0.25, 0.3) is 82.7 Å². The van der Waals surface area contributed by atoms with Crippen LogP contribution in [0.4, 0.5) is 0 Å². The third kappa shape index (κ3) is 3.72. The predicted octanol–water partition coefficient (Wildman–Crippen LogP) is 12.1. The van der Waals surface area contributed by atoms with Crippen LogP contribution in [0, 0.1) is 0 Å². The highest BCUT2D eigenvalue weighted by Crippen LogP contribution is 2.56. The molecule has 7 aromatic carbocycles. The second kappa shape index (κ2) is 10.0. The predicted molar refractivity (Wildman–Crippen MR) is 202 cm³/mol. The van der Waals surface area contributed by atoms with Crippen molar-refractivity contribution < 1.29 is 0 Å². The van der Waals surface area contributed by atoms with E-state index in [9.17, 15) is 0 Å². The van der Waals surface area contributed by atoms with Gasteiger partial charge < -0.3 is 4.57 Å². The van der Waals surface area contributed by atoms with Gasteiger partial charge in [-0.05, 0) is 74.5 Å². The molecule has 0 unspecified atom stereocenters. The van der Waals surface area contributed by atoms with Crippen LogP contribution in [0.15, 0.2) is 158 Å². The Kier molecular flexibility index (Phi) is 5.66. The zero-order valence-corrected chi connectivity index (χ0v) is 26.9. The van der Waals surface area contributed by atoms with E-state index in [0.29, 0.717) is 0 Å². The summed E-state index contributed by atoms with van der Waals surface area (Å²) in [6.07, 6.45) is 0. The van der Waals surface area contributed by atoms with Crippen molar-refractivity contribution in [1.82, 2.24) is 9.55 Å². The number of benzene rings is 7. The van der Waals surface area contributed by atoms with Crippen LogP contribution >= 0.6 is 0 Å². The third-order valence-electron chi connectivity index (χ3n) is 10.5. The minimum Gasteiger partial charge on any atom is -0.309 e. The molecule has 0 bridgehead atoms. The summed E-state index contributed by atoms with van der Waals surface area (Å²) in [4.78, 5) is 5.14. The average Bonchev–Trinajstić information content (AvgIpc) is 3.61. The lowest BCUT2D eigenvalue weighted by Gasteiger charge is -2.24. The SMILES string of the molecule is CC1(C)c2ccccc2-c2c1c1c(c3ccccc23)c2ccccc2n1-c1ccc(-c2cc(-c3ccccc3)c3ccccc3n2)cc1. The van der Waals surface area contributed by atoms with Gasteiger partial charge in [-0.25, -0.2) is 4.98 Å². The molecule has 1 aliphatic rings. The van der Waals surface area contributed by atoms with Crippen LogP contribution < -0.4 is 0 Å². The number of pyridine rings is 1. The van der Waals surface area contributed by atoms with E-state index in [2.05, 4.69) is 176 Å². The largest absolute Gasteiger partial charge is 0.309 e. The molecule has 2 nitrogen and oxygen atoms in total. The Bertz CT molecular complexity index is 2730. The maximum atomic E-state index is 5.14.